The maximum atomic E-state index is 3.92. The van der Waals surface area contributed by atoms with Crippen molar-refractivity contribution in [3.63, 3.8) is 0 Å². The number of hydrogen-bond donors (Lipinski definition) is 0. The van der Waals surface area contributed by atoms with Gasteiger partial charge in [-0.3, -0.25) is 0 Å². The van der Waals surface area contributed by atoms with E-state index in [1.807, 2.05) is 75.3 Å². The third-order valence-corrected chi connectivity index (χ3v) is 8.75. The van der Waals surface area contributed by atoms with E-state index in [0.29, 0.717) is 11.8 Å². The SMILES string of the molecule is C/C=C(\C=C(/C(C)C)C(C)CC)CC.C=C(C)C(=CCC)CCC.C=CC(=C/CC)/C=C(\C)C(C)CN1CCC(C)CC1.CC.CC.CC.CC.CC. The molecular formula is C52H105N. The van der Waals surface area contributed by atoms with E-state index in [1.54, 1.807) is 5.57 Å². The zero-order chi connectivity index (χ0) is 43.4. The highest BCUT2D eigenvalue weighted by Crippen LogP contribution is 2.25. The summed E-state index contributed by atoms with van der Waals surface area (Å²) in [6.07, 6.45) is 23.1. The Bertz CT molecular complexity index is 895. The molecule has 1 nitrogen and oxygen atoms in total. The van der Waals surface area contributed by atoms with Gasteiger partial charge >= 0.3 is 0 Å². The average Bonchev–Trinajstić information content (AvgIpc) is 3.19. The van der Waals surface area contributed by atoms with Crippen molar-refractivity contribution in [2.45, 2.75) is 211 Å². The van der Waals surface area contributed by atoms with Crippen LogP contribution < -0.4 is 0 Å². The minimum atomic E-state index is 0.633. The maximum Gasteiger partial charge on any atom is 0.00444 e. The number of piperidine rings is 1. The van der Waals surface area contributed by atoms with E-state index in [9.17, 15) is 0 Å². The van der Waals surface area contributed by atoms with Crippen LogP contribution in [-0.2, 0) is 0 Å². The van der Waals surface area contributed by atoms with Gasteiger partial charge < -0.3 is 4.90 Å². The van der Waals surface area contributed by atoms with Crippen LogP contribution >= 0.6 is 0 Å². The van der Waals surface area contributed by atoms with Crippen LogP contribution in [0.25, 0.3) is 0 Å². The molecular weight excluding hydrogens is 639 g/mol. The van der Waals surface area contributed by atoms with Crippen molar-refractivity contribution in [1.29, 1.82) is 0 Å². The quantitative estimate of drug-likeness (QED) is 0.151. The molecule has 1 heteroatoms. The van der Waals surface area contributed by atoms with Gasteiger partial charge in [-0.25, -0.2) is 0 Å². The Morgan fingerprint density at radius 3 is 1.53 bits per heavy atom. The second-order valence-corrected chi connectivity index (χ2v) is 13.1. The summed E-state index contributed by atoms with van der Waals surface area (Å²) in [5, 5.41) is 0. The largest absolute Gasteiger partial charge is 0.303 e. The first-order chi connectivity index (χ1) is 25.3. The van der Waals surface area contributed by atoms with E-state index in [-0.39, 0.29) is 0 Å². The first-order valence-corrected chi connectivity index (χ1v) is 22.8. The average molecular weight is 744 g/mol. The van der Waals surface area contributed by atoms with Crippen molar-refractivity contribution in [2.75, 3.05) is 19.6 Å². The summed E-state index contributed by atoms with van der Waals surface area (Å²) < 4.78 is 0. The van der Waals surface area contributed by atoms with Gasteiger partial charge in [0, 0.05) is 6.54 Å². The molecule has 0 aromatic carbocycles. The van der Waals surface area contributed by atoms with Gasteiger partial charge in [-0.2, -0.15) is 0 Å². The second-order valence-electron chi connectivity index (χ2n) is 13.1. The molecule has 1 aliphatic heterocycles. The highest BCUT2D eigenvalue weighted by Gasteiger charge is 2.18. The molecule has 0 radical (unpaired) electrons. The molecule has 1 aliphatic rings. The summed E-state index contributed by atoms with van der Waals surface area (Å²) in [4.78, 5) is 2.62. The van der Waals surface area contributed by atoms with E-state index < -0.39 is 0 Å². The van der Waals surface area contributed by atoms with E-state index in [4.69, 9.17) is 0 Å². The van der Waals surface area contributed by atoms with Gasteiger partial charge in [-0.05, 0) is 114 Å². The fourth-order valence-electron chi connectivity index (χ4n) is 5.34. The van der Waals surface area contributed by atoms with Crippen LogP contribution in [0.15, 0.2) is 83.1 Å². The fourth-order valence-corrected chi connectivity index (χ4v) is 5.34. The van der Waals surface area contributed by atoms with E-state index in [0.717, 1.165) is 31.1 Å². The lowest BCUT2D eigenvalue weighted by molar-refractivity contribution is 0.178. The Labute approximate surface area is 340 Å². The van der Waals surface area contributed by atoms with Crippen molar-refractivity contribution in [3.8, 4) is 0 Å². The van der Waals surface area contributed by atoms with Crippen LogP contribution in [0.2, 0.25) is 0 Å². The van der Waals surface area contributed by atoms with Crippen LogP contribution in [0.4, 0.5) is 0 Å². The summed E-state index contributed by atoms with van der Waals surface area (Å²) in [6, 6.07) is 0. The molecule has 2 atom stereocenters. The highest BCUT2D eigenvalue weighted by atomic mass is 15.1. The predicted molar refractivity (Wildman–Crippen MR) is 258 cm³/mol. The van der Waals surface area contributed by atoms with E-state index >= 15 is 0 Å². The summed E-state index contributed by atoms with van der Waals surface area (Å²) in [6.45, 7) is 60.7. The van der Waals surface area contributed by atoms with Crippen LogP contribution in [0.1, 0.15) is 211 Å². The molecule has 0 spiro atoms. The Morgan fingerprint density at radius 2 is 1.21 bits per heavy atom. The smallest absolute Gasteiger partial charge is 0.00444 e. The van der Waals surface area contributed by atoms with Crippen LogP contribution in [-0.4, -0.2) is 24.5 Å². The van der Waals surface area contributed by atoms with Gasteiger partial charge in [0.25, 0.3) is 0 Å². The molecule has 1 rings (SSSR count). The first kappa shape index (κ1) is 66.0. The van der Waals surface area contributed by atoms with Crippen LogP contribution in [0, 0.1) is 23.7 Å². The highest BCUT2D eigenvalue weighted by molar-refractivity contribution is 5.32. The van der Waals surface area contributed by atoms with Crippen molar-refractivity contribution in [3.05, 3.63) is 83.1 Å². The third kappa shape index (κ3) is 41.1. The Kier molecular flexibility index (Phi) is 65.0. The second kappa shape index (κ2) is 52.2. The van der Waals surface area contributed by atoms with Gasteiger partial charge in [0.2, 0.25) is 0 Å². The van der Waals surface area contributed by atoms with Crippen LogP contribution in [0.3, 0.4) is 0 Å². The number of hydrogen-bond acceptors (Lipinski definition) is 1. The molecule has 2 unspecified atom stereocenters. The predicted octanol–water partition coefficient (Wildman–Crippen LogP) is 18.6. The molecule has 0 aromatic heterocycles. The zero-order valence-electron chi connectivity index (χ0n) is 41.4. The molecule has 0 saturated carbocycles. The normalized spacial score (nSPS) is 14.8. The number of rotatable bonds is 15. The standard InChI is InChI=1S/C18H31N.C14H26.C10H18.5C2H6/c1-6-8-18(7-2)13-16(4)17(5)14-19-11-9-15(3)10-12-19;1-7-12(6)14(11(4)5)10-13(8-2)9-3;1-5-7-10(8-6-2)9(3)4;5*1-2/h7-8,13,15,17H,2,6,9-12,14H2,1,3-5H3;8,10-12H,7,9H2,1-6H3;7H,3,5-6,8H2,1-2,4H3;5*1-2H3/b16-13+,18-8-;13-8-,14-10+;;;;;;. The van der Waals surface area contributed by atoms with Gasteiger partial charge in [-0.1, -0.05) is 217 Å². The van der Waals surface area contributed by atoms with Gasteiger partial charge in [0.05, 0.1) is 0 Å². The topological polar surface area (TPSA) is 3.24 Å². The lowest BCUT2D eigenvalue weighted by Crippen LogP contribution is -2.36. The minimum Gasteiger partial charge on any atom is -0.303 e. The van der Waals surface area contributed by atoms with Crippen molar-refractivity contribution < 1.29 is 0 Å². The van der Waals surface area contributed by atoms with Gasteiger partial charge in [0.1, 0.15) is 0 Å². The molecule has 1 fully saturated rings. The van der Waals surface area contributed by atoms with Crippen molar-refractivity contribution in [1.82, 2.24) is 4.90 Å². The minimum absolute atomic E-state index is 0.633. The summed E-state index contributed by atoms with van der Waals surface area (Å²) in [5.41, 5.74) is 8.46. The lowest BCUT2D eigenvalue weighted by atomic mass is 9.87. The molecule has 1 heterocycles. The third-order valence-electron chi connectivity index (χ3n) is 8.75. The van der Waals surface area contributed by atoms with Gasteiger partial charge in [-0.15, -0.1) is 0 Å². The van der Waals surface area contributed by atoms with Crippen molar-refractivity contribution >= 4 is 0 Å². The molecule has 0 N–H and O–H groups in total. The number of allylic oxidation sites excluding steroid dienone is 11. The zero-order valence-corrected chi connectivity index (χ0v) is 41.4. The van der Waals surface area contributed by atoms with Crippen molar-refractivity contribution in [2.24, 2.45) is 23.7 Å². The molecule has 0 aliphatic carbocycles. The summed E-state index contributed by atoms with van der Waals surface area (Å²) in [7, 11) is 0. The van der Waals surface area contributed by atoms with Gasteiger partial charge in [0.15, 0.2) is 0 Å². The number of likely N-dealkylation sites (tertiary alicyclic amines) is 1. The Hall–Kier alpha value is -1.86. The monoisotopic (exact) mass is 744 g/mol. The first-order valence-electron chi connectivity index (χ1n) is 22.8. The molecule has 0 amide bonds. The molecule has 0 aromatic rings. The van der Waals surface area contributed by atoms with Crippen LogP contribution in [0.5, 0.6) is 0 Å². The van der Waals surface area contributed by atoms with E-state index in [1.165, 1.54) is 79.6 Å². The molecule has 53 heavy (non-hydrogen) atoms. The Morgan fingerprint density at radius 1 is 0.736 bits per heavy atom. The van der Waals surface area contributed by atoms with E-state index in [2.05, 4.69) is 138 Å². The Balaban J connectivity index is -0.000000110. The summed E-state index contributed by atoms with van der Waals surface area (Å²) in [5.74, 6) is 2.94. The molecule has 318 valence electrons. The summed E-state index contributed by atoms with van der Waals surface area (Å²) >= 11 is 0. The molecule has 0 bridgehead atoms. The number of nitrogens with zero attached hydrogens (tertiary/aromatic N) is 1. The molecule has 1 saturated heterocycles. The maximum absolute atomic E-state index is 3.92. The fraction of sp³-hybridized carbons (Fsp3) is 0.731. The lowest BCUT2D eigenvalue weighted by Gasteiger charge is -2.32.